The monoisotopic (exact) mass is 329 g/mol. The van der Waals surface area contributed by atoms with E-state index in [1.165, 1.54) is 12.1 Å². The lowest BCUT2D eigenvalue weighted by molar-refractivity contribution is -0.122. The number of anilines is 1. The summed E-state index contributed by atoms with van der Waals surface area (Å²) in [5, 5.41) is 7.96. The van der Waals surface area contributed by atoms with Gasteiger partial charge in [0.05, 0.1) is 0 Å². The Morgan fingerprint density at radius 1 is 1.04 bits per heavy atom. The minimum absolute atomic E-state index is 0.277. The van der Waals surface area contributed by atoms with Gasteiger partial charge in [-0.15, -0.1) is 0 Å². The zero-order valence-electron chi connectivity index (χ0n) is 13.4. The average molecular weight is 329 g/mol. The Morgan fingerprint density at radius 2 is 1.71 bits per heavy atom. The number of hydrogen-bond acceptors (Lipinski definition) is 2. The minimum Gasteiger partial charge on any atom is -0.354 e. The lowest BCUT2D eigenvalue weighted by Gasteiger charge is -2.15. The Morgan fingerprint density at radius 3 is 2.38 bits per heavy atom. The number of halogens is 1. The van der Waals surface area contributed by atoms with E-state index in [0.717, 1.165) is 5.56 Å². The highest BCUT2D eigenvalue weighted by Gasteiger charge is 2.14. The molecule has 1 unspecified atom stereocenters. The maximum absolute atomic E-state index is 12.8. The van der Waals surface area contributed by atoms with Crippen LogP contribution in [0, 0.1) is 5.82 Å². The van der Waals surface area contributed by atoms with E-state index in [0.29, 0.717) is 18.7 Å². The van der Waals surface area contributed by atoms with E-state index in [2.05, 4.69) is 16.0 Å². The molecule has 6 heteroatoms. The molecule has 24 heavy (non-hydrogen) atoms. The summed E-state index contributed by atoms with van der Waals surface area (Å²) in [6.07, 6.45) is 0.592. The molecular formula is C18H20FN3O2. The van der Waals surface area contributed by atoms with Gasteiger partial charge >= 0.3 is 6.03 Å². The second-order valence-corrected chi connectivity index (χ2v) is 5.35. The van der Waals surface area contributed by atoms with Gasteiger partial charge in [0.25, 0.3) is 0 Å². The average Bonchev–Trinajstić information content (AvgIpc) is 2.57. The maximum atomic E-state index is 12.8. The molecule has 0 aliphatic rings. The van der Waals surface area contributed by atoms with Gasteiger partial charge < -0.3 is 16.0 Å². The Balaban J connectivity index is 1.71. The molecule has 0 aliphatic heterocycles. The van der Waals surface area contributed by atoms with Crippen molar-refractivity contribution in [2.24, 2.45) is 0 Å². The predicted octanol–water partition coefficient (Wildman–Crippen LogP) is 2.69. The SMILES string of the molecule is CC(NC(=O)Nc1ccccc1)C(=O)NCCc1ccc(F)cc1. The van der Waals surface area contributed by atoms with Crippen LogP contribution < -0.4 is 16.0 Å². The standard InChI is InChI=1S/C18H20FN3O2/c1-13(21-18(24)22-16-5-3-2-4-6-16)17(23)20-12-11-14-7-9-15(19)10-8-14/h2-10,13H,11-12H2,1H3,(H,20,23)(H2,21,22,24). The van der Waals surface area contributed by atoms with Gasteiger partial charge in [-0.25, -0.2) is 9.18 Å². The molecule has 2 aromatic carbocycles. The van der Waals surface area contributed by atoms with Gasteiger partial charge in [-0.3, -0.25) is 4.79 Å². The Kier molecular flexibility index (Phi) is 6.31. The zero-order chi connectivity index (χ0) is 17.4. The van der Waals surface area contributed by atoms with Crippen LogP contribution in [0.4, 0.5) is 14.9 Å². The Labute approximate surface area is 140 Å². The van der Waals surface area contributed by atoms with E-state index < -0.39 is 12.1 Å². The smallest absolute Gasteiger partial charge is 0.319 e. The molecule has 0 bridgehead atoms. The van der Waals surface area contributed by atoms with E-state index in [4.69, 9.17) is 0 Å². The summed E-state index contributed by atoms with van der Waals surface area (Å²) in [6, 6.07) is 14.0. The molecule has 0 saturated heterocycles. The third-order valence-electron chi connectivity index (χ3n) is 3.40. The van der Waals surface area contributed by atoms with E-state index >= 15 is 0 Å². The topological polar surface area (TPSA) is 70.2 Å². The summed E-state index contributed by atoms with van der Waals surface area (Å²) in [6.45, 7) is 2.02. The number of benzene rings is 2. The second kappa shape index (κ2) is 8.67. The van der Waals surface area contributed by atoms with E-state index in [1.54, 1.807) is 43.3 Å². The van der Waals surface area contributed by atoms with E-state index in [1.807, 2.05) is 6.07 Å². The first-order valence-corrected chi connectivity index (χ1v) is 7.69. The van der Waals surface area contributed by atoms with Gasteiger partial charge in [-0.05, 0) is 43.2 Å². The Bertz CT molecular complexity index is 674. The summed E-state index contributed by atoms with van der Waals surface area (Å²) in [5.41, 5.74) is 1.58. The van der Waals surface area contributed by atoms with Gasteiger partial charge in [-0.1, -0.05) is 30.3 Å². The summed E-state index contributed by atoms with van der Waals surface area (Å²) in [5.74, 6) is -0.564. The molecular weight excluding hydrogens is 309 g/mol. The molecule has 3 amide bonds. The number of carbonyl (C=O) groups is 2. The number of urea groups is 1. The highest BCUT2D eigenvalue weighted by molar-refractivity contribution is 5.93. The summed E-state index contributed by atoms with van der Waals surface area (Å²) >= 11 is 0. The van der Waals surface area contributed by atoms with Crippen molar-refractivity contribution in [3.8, 4) is 0 Å². The van der Waals surface area contributed by atoms with Crippen molar-refractivity contribution in [2.45, 2.75) is 19.4 Å². The fourth-order valence-corrected chi connectivity index (χ4v) is 2.09. The lowest BCUT2D eigenvalue weighted by Crippen LogP contribution is -2.46. The zero-order valence-corrected chi connectivity index (χ0v) is 13.4. The fourth-order valence-electron chi connectivity index (χ4n) is 2.09. The van der Waals surface area contributed by atoms with Crippen molar-refractivity contribution < 1.29 is 14.0 Å². The Hall–Kier alpha value is -2.89. The van der Waals surface area contributed by atoms with Crippen LogP contribution in [-0.2, 0) is 11.2 Å². The number of nitrogens with one attached hydrogen (secondary N) is 3. The van der Waals surface area contributed by atoms with Gasteiger partial charge in [0.2, 0.25) is 5.91 Å². The van der Waals surface area contributed by atoms with Gasteiger partial charge in [0.15, 0.2) is 0 Å². The molecule has 5 nitrogen and oxygen atoms in total. The molecule has 1 atom stereocenters. The molecule has 0 aromatic heterocycles. The van der Waals surface area contributed by atoms with Gasteiger partial charge in [0, 0.05) is 12.2 Å². The molecule has 0 radical (unpaired) electrons. The number of hydrogen-bond donors (Lipinski definition) is 3. The molecule has 126 valence electrons. The number of para-hydroxylation sites is 1. The van der Waals surface area contributed by atoms with Crippen molar-refractivity contribution in [3.63, 3.8) is 0 Å². The van der Waals surface area contributed by atoms with Crippen LogP contribution in [0.1, 0.15) is 12.5 Å². The summed E-state index contributed by atoms with van der Waals surface area (Å²) in [4.78, 5) is 23.8. The normalized spacial score (nSPS) is 11.4. The molecule has 2 rings (SSSR count). The van der Waals surface area contributed by atoms with Gasteiger partial charge in [-0.2, -0.15) is 0 Å². The quantitative estimate of drug-likeness (QED) is 0.762. The highest BCUT2D eigenvalue weighted by Crippen LogP contribution is 2.04. The van der Waals surface area contributed by atoms with Crippen molar-refractivity contribution >= 4 is 17.6 Å². The molecule has 0 aliphatic carbocycles. The van der Waals surface area contributed by atoms with Crippen LogP contribution in [0.2, 0.25) is 0 Å². The maximum Gasteiger partial charge on any atom is 0.319 e. The van der Waals surface area contributed by atoms with Crippen LogP contribution in [-0.4, -0.2) is 24.5 Å². The van der Waals surface area contributed by atoms with E-state index in [9.17, 15) is 14.0 Å². The molecule has 0 saturated carbocycles. The fraction of sp³-hybridized carbons (Fsp3) is 0.222. The predicted molar refractivity (Wildman–Crippen MR) is 91.2 cm³/mol. The molecule has 0 spiro atoms. The summed E-state index contributed by atoms with van der Waals surface area (Å²) < 4.78 is 12.8. The first-order valence-electron chi connectivity index (χ1n) is 7.69. The van der Waals surface area contributed by atoms with Crippen LogP contribution in [0.25, 0.3) is 0 Å². The first kappa shape index (κ1) is 17.5. The number of rotatable bonds is 6. The first-order chi connectivity index (χ1) is 11.5. The molecule has 3 N–H and O–H groups in total. The summed E-state index contributed by atoms with van der Waals surface area (Å²) in [7, 11) is 0. The van der Waals surface area contributed by atoms with Crippen molar-refractivity contribution in [1.29, 1.82) is 0 Å². The van der Waals surface area contributed by atoms with Crippen LogP contribution in [0.15, 0.2) is 54.6 Å². The van der Waals surface area contributed by atoms with Crippen LogP contribution >= 0.6 is 0 Å². The van der Waals surface area contributed by atoms with Crippen LogP contribution in [0.3, 0.4) is 0 Å². The van der Waals surface area contributed by atoms with E-state index in [-0.39, 0.29) is 11.7 Å². The second-order valence-electron chi connectivity index (χ2n) is 5.35. The molecule has 0 fully saturated rings. The third-order valence-corrected chi connectivity index (χ3v) is 3.40. The molecule has 0 heterocycles. The number of carbonyl (C=O) groups excluding carboxylic acids is 2. The minimum atomic E-state index is -0.665. The molecule has 2 aromatic rings. The largest absolute Gasteiger partial charge is 0.354 e. The van der Waals surface area contributed by atoms with Gasteiger partial charge in [0.1, 0.15) is 11.9 Å². The third kappa shape index (κ3) is 5.72. The van der Waals surface area contributed by atoms with Crippen molar-refractivity contribution in [2.75, 3.05) is 11.9 Å². The number of amides is 3. The van der Waals surface area contributed by atoms with Crippen molar-refractivity contribution in [3.05, 3.63) is 66.0 Å². The van der Waals surface area contributed by atoms with Crippen LogP contribution in [0.5, 0.6) is 0 Å². The highest BCUT2D eigenvalue weighted by atomic mass is 19.1. The van der Waals surface area contributed by atoms with Crippen molar-refractivity contribution in [1.82, 2.24) is 10.6 Å². The lowest BCUT2D eigenvalue weighted by atomic mass is 10.1.